The van der Waals surface area contributed by atoms with Crippen LogP contribution in [0.25, 0.3) is 0 Å². The van der Waals surface area contributed by atoms with Crippen LogP contribution in [0.5, 0.6) is 5.75 Å². The predicted molar refractivity (Wildman–Crippen MR) is 111 cm³/mol. The third-order valence-corrected chi connectivity index (χ3v) is 6.58. The fourth-order valence-electron chi connectivity index (χ4n) is 4.88. The van der Waals surface area contributed by atoms with Crippen molar-refractivity contribution in [2.24, 2.45) is 5.92 Å². The van der Waals surface area contributed by atoms with Crippen LogP contribution in [0.2, 0.25) is 0 Å². The number of hydrogen-bond donors (Lipinski definition) is 0. The summed E-state index contributed by atoms with van der Waals surface area (Å²) in [6.07, 6.45) is 1.60. The molecule has 160 valence electrons. The molecule has 2 amide bonds. The molecule has 0 saturated carbocycles. The van der Waals surface area contributed by atoms with E-state index in [2.05, 4.69) is 0 Å². The highest BCUT2D eigenvalue weighted by Gasteiger charge is 2.45. The summed E-state index contributed by atoms with van der Waals surface area (Å²) in [7, 11) is 0. The summed E-state index contributed by atoms with van der Waals surface area (Å²) in [5.74, 6) is -0.399. The number of nitrogens with zero attached hydrogens (tertiary/aromatic N) is 2. The molecule has 7 heteroatoms. The van der Waals surface area contributed by atoms with Crippen molar-refractivity contribution in [2.45, 2.75) is 31.3 Å². The summed E-state index contributed by atoms with van der Waals surface area (Å²) in [5.41, 5.74) is 0.528. The molecule has 0 bridgehead atoms. The van der Waals surface area contributed by atoms with Gasteiger partial charge in [0.2, 0.25) is 11.8 Å². The van der Waals surface area contributed by atoms with Crippen molar-refractivity contribution in [3.05, 3.63) is 59.9 Å². The number of benzene rings is 2. The average molecular weight is 422 g/mol. The van der Waals surface area contributed by atoms with Gasteiger partial charge in [0.1, 0.15) is 17.2 Å². The number of Topliss-reactive ketones (excluding diaryl/α,β-unsaturated/α-hetero) is 1. The number of ketones is 1. The maximum Gasteiger partial charge on any atom is 0.228 e. The molecule has 6 nitrogen and oxygen atoms in total. The number of hydrogen-bond acceptors (Lipinski definition) is 4. The number of amides is 2. The van der Waals surface area contributed by atoms with Crippen LogP contribution in [0.4, 0.5) is 10.1 Å². The predicted octanol–water partition coefficient (Wildman–Crippen LogP) is 3.21. The molecule has 31 heavy (non-hydrogen) atoms. The second-order valence-electron chi connectivity index (χ2n) is 8.59. The molecule has 3 aliphatic heterocycles. The molecule has 1 atom stereocenters. The largest absolute Gasteiger partial charge is 0.486 e. The number of likely N-dealkylation sites (tertiary alicyclic amines) is 1. The molecule has 0 radical (unpaired) electrons. The summed E-state index contributed by atoms with van der Waals surface area (Å²) in [5, 5.41) is 0. The number of para-hydroxylation sites is 1. The number of fused-ring (bicyclic) bond motifs is 1. The van der Waals surface area contributed by atoms with Gasteiger partial charge in [-0.3, -0.25) is 14.4 Å². The van der Waals surface area contributed by atoms with Crippen LogP contribution >= 0.6 is 0 Å². The summed E-state index contributed by atoms with van der Waals surface area (Å²) in [6, 6.07) is 13.1. The molecule has 2 fully saturated rings. The number of carbonyl (C=O) groups is 3. The lowest BCUT2D eigenvalue weighted by Crippen LogP contribution is -2.53. The molecular weight excluding hydrogens is 399 g/mol. The van der Waals surface area contributed by atoms with Crippen molar-refractivity contribution in [2.75, 3.05) is 24.5 Å². The molecule has 3 aliphatic rings. The fraction of sp³-hybridized carbons (Fsp3) is 0.375. The Balaban J connectivity index is 1.24. The lowest BCUT2D eigenvalue weighted by atomic mass is 9.82. The van der Waals surface area contributed by atoms with Crippen molar-refractivity contribution in [1.29, 1.82) is 0 Å². The summed E-state index contributed by atoms with van der Waals surface area (Å²) >= 11 is 0. The SMILES string of the molecule is O=C1CC2(CCN(C(=O)C3CC(=O)N(c4cccc(F)c4)C3)CC2)Oc2ccccc21. The highest BCUT2D eigenvalue weighted by molar-refractivity contribution is 6.01. The van der Waals surface area contributed by atoms with Crippen LogP contribution in [0.3, 0.4) is 0 Å². The second kappa shape index (κ2) is 7.48. The Morgan fingerprint density at radius 1 is 1.06 bits per heavy atom. The Morgan fingerprint density at radius 3 is 2.61 bits per heavy atom. The number of ether oxygens (including phenoxy) is 1. The normalized spacial score (nSPS) is 22.4. The van der Waals surface area contributed by atoms with Crippen LogP contribution in [-0.4, -0.2) is 47.7 Å². The van der Waals surface area contributed by atoms with Crippen LogP contribution < -0.4 is 9.64 Å². The van der Waals surface area contributed by atoms with Gasteiger partial charge in [-0.1, -0.05) is 18.2 Å². The lowest BCUT2D eigenvalue weighted by molar-refractivity contribution is -0.139. The van der Waals surface area contributed by atoms with Crippen molar-refractivity contribution in [3.63, 3.8) is 0 Å². The first kappa shape index (κ1) is 19.7. The number of rotatable bonds is 2. The molecule has 5 rings (SSSR count). The van der Waals surface area contributed by atoms with E-state index in [4.69, 9.17) is 4.74 Å². The van der Waals surface area contributed by atoms with Crippen LogP contribution in [0.15, 0.2) is 48.5 Å². The quantitative estimate of drug-likeness (QED) is 0.746. The Labute approximate surface area is 179 Å². The number of carbonyl (C=O) groups excluding carboxylic acids is 3. The van der Waals surface area contributed by atoms with Gasteiger partial charge in [0.05, 0.1) is 17.9 Å². The topological polar surface area (TPSA) is 66.9 Å². The molecular formula is C24H23FN2O4. The zero-order valence-electron chi connectivity index (χ0n) is 17.1. The third kappa shape index (κ3) is 3.58. The zero-order chi connectivity index (χ0) is 21.6. The first-order valence-corrected chi connectivity index (χ1v) is 10.6. The van der Waals surface area contributed by atoms with E-state index in [1.54, 1.807) is 23.1 Å². The molecule has 2 aromatic rings. The monoisotopic (exact) mass is 422 g/mol. The number of piperidine rings is 1. The lowest BCUT2D eigenvalue weighted by Gasteiger charge is -2.44. The first-order chi connectivity index (χ1) is 14.9. The van der Waals surface area contributed by atoms with E-state index in [0.29, 0.717) is 49.4 Å². The summed E-state index contributed by atoms with van der Waals surface area (Å²) in [6.45, 7) is 1.23. The fourth-order valence-corrected chi connectivity index (χ4v) is 4.88. The first-order valence-electron chi connectivity index (χ1n) is 10.6. The molecule has 1 spiro atoms. The van der Waals surface area contributed by atoms with E-state index in [-0.39, 0.29) is 30.6 Å². The van der Waals surface area contributed by atoms with Gasteiger partial charge in [-0.15, -0.1) is 0 Å². The van der Waals surface area contributed by atoms with Crippen molar-refractivity contribution in [1.82, 2.24) is 4.90 Å². The molecule has 0 aromatic heterocycles. The summed E-state index contributed by atoms with van der Waals surface area (Å²) < 4.78 is 19.8. The van der Waals surface area contributed by atoms with Crippen molar-refractivity contribution in [3.8, 4) is 5.75 Å². The van der Waals surface area contributed by atoms with E-state index in [1.807, 2.05) is 18.2 Å². The van der Waals surface area contributed by atoms with Gasteiger partial charge in [-0.25, -0.2) is 4.39 Å². The standard InChI is InChI=1S/C24H23FN2O4/c25-17-4-3-5-18(13-17)27-15-16(12-22(27)29)23(30)26-10-8-24(9-11-26)14-20(28)19-6-1-2-7-21(19)31-24/h1-7,13,16H,8-12,14-15H2. The summed E-state index contributed by atoms with van der Waals surface area (Å²) in [4.78, 5) is 41.4. The Bertz CT molecular complexity index is 1060. The van der Waals surface area contributed by atoms with Crippen molar-refractivity contribution >= 4 is 23.3 Å². The van der Waals surface area contributed by atoms with Gasteiger partial charge >= 0.3 is 0 Å². The van der Waals surface area contributed by atoms with Crippen molar-refractivity contribution < 1.29 is 23.5 Å². The average Bonchev–Trinajstić information content (AvgIpc) is 3.15. The molecule has 0 N–H and O–H groups in total. The Kier molecular flexibility index (Phi) is 4.76. The van der Waals surface area contributed by atoms with Gasteiger partial charge in [0, 0.05) is 44.6 Å². The van der Waals surface area contributed by atoms with Gasteiger partial charge in [-0.2, -0.15) is 0 Å². The maximum atomic E-state index is 13.5. The van der Waals surface area contributed by atoms with Crippen LogP contribution in [0.1, 0.15) is 36.0 Å². The molecule has 2 aromatic carbocycles. The van der Waals surface area contributed by atoms with Crippen LogP contribution in [-0.2, 0) is 9.59 Å². The van der Waals surface area contributed by atoms with Gasteiger partial charge in [-0.05, 0) is 30.3 Å². The highest BCUT2D eigenvalue weighted by atomic mass is 19.1. The van der Waals surface area contributed by atoms with E-state index in [9.17, 15) is 18.8 Å². The maximum absolute atomic E-state index is 13.5. The van der Waals surface area contributed by atoms with E-state index in [1.165, 1.54) is 17.0 Å². The van der Waals surface area contributed by atoms with Gasteiger partial charge in [0.25, 0.3) is 0 Å². The van der Waals surface area contributed by atoms with Gasteiger partial charge < -0.3 is 14.5 Å². The number of anilines is 1. The van der Waals surface area contributed by atoms with Crippen LogP contribution in [0, 0.1) is 11.7 Å². The smallest absolute Gasteiger partial charge is 0.228 e. The minimum atomic E-state index is -0.568. The molecule has 0 aliphatic carbocycles. The van der Waals surface area contributed by atoms with E-state index in [0.717, 1.165) is 0 Å². The van der Waals surface area contributed by atoms with E-state index < -0.39 is 17.3 Å². The Hall–Kier alpha value is -3.22. The zero-order valence-corrected chi connectivity index (χ0v) is 17.1. The molecule has 1 unspecified atom stereocenters. The highest BCUT2D eigenvalue weighted by Crippen LogP contribution is 2.39. The molecule has 3 heterocycles. The second-order valence-corrected chi connectivity index (χ2v) is 8.59. The number of halogens is 1. The third-order valence-electron chi connectivity index (χ3n) is 6.58. The van der Waals surface area contributed by atoms with E-state index >= 15 is 0 Å². The minimum absolute atomic E-state index is 0.0651. The molecule has 2 saturated heterocycles. The Morgan fingerprint density at radius 2 is 1.84 bits per heavy atom. The minimum Gasteiger partial charge on any atom is -0.486 e. The van der Waals surface area contributed by atoms with Gasteiger partial charge in [0.15, 0.2) is 5.78 Å².